The lowest BCUT2D eigenvalue weighted by Gasteiger charge is -2.19. The number of aliphatic carboxylic acids is 1. The Kier molecular flexibility index (Phi) is 21.1. The molecule has 14 nitrogen and oxygen atoms in total. The Morgan fingerprint density at radius 3 is 2.02 bits per heavy atom. The lowest BCUT2D eigenvalue weighted by atomic mass is 10.1. The van der Waals surface area contributed by atoms with Gasteiger partial charge in [-0.15, -0.1) is 0 Å². The van der Waals surface area contributed by atoms with E-state index < -0.39 is 42.3 Å². The highest BCUT2D eigenvalue weighted by Crippen LogP contribution is 2.07. The Morgan fingerprint density at radius 1 is 0.766 bits per heavy atom. The third kappa shape index (κ3) is 19.3. The molecule has 0 aromatic heterocycles. The highest BCUT2D eigenvalue weighted by molar-refractivity contribution is 5.98. The van der Waals surface area contributed by atoms with Gasteiger partial charge in [-0.3, -0.25) is 19.2 Å². The Bertz CT molecular complexity index is 1130. The van der Waals surface area contributed by atoms with Gasteiger partial charge in [0.15, 0.2) is 0 Å². The van der Waals surface area contributed by atoms with Crippen molar-refractivity contribution >= 4 is 35.5 Å². The van der Waals surface area contributed by atoms with E-state index >= 15 is 0 Å². The van der Waals surface area contributed by atoms with Gasteiger partial charge in [-0.05, 0) is 69.8 Å². The number of carbonyl (C=O) groups excluding carboxylic acids is 5. The molecule has 47 heavy (non-hydrogen) atoms. The molecule has 0 aliphatic heterocycles. The lowest BCUT2D eigenvalue weighted by Crippen LogP contribution is -2.51. The summed E-state index contributed by atoms with van der Waals surface area (Å²) in [5.41, 5.74) is 1.41. The van der Waals surface area contributed by atoms with Crippen LogP contribution in [0.1, 0.15) is 94.5 Å². The van der Waals surface area contributed by atoms with Crippen LogP contribution in [-0.4, -0.2) is 92.0 Å². The smallest absolute Gasteiger partial charge is 0.326 e. The normalized spacial score (nSPS) is 12.1. The third-order valence-electron chi connectivity index (χ3n) is 7.31. The van der Waals surface area contributed by atoms with Crippen molar-refractivity contribution in [3.05, 3.63) is 35.4 Å². The first-order chi connectivity index (χ1) is 22.5. The minimum absolute atomic E-state index is 0.141. The molecule has 5 amide bonds. The maximum atomic E-state index is 12.9. The number of urea groups is 1. The number of benzene rings is 1. The molecule has 1 aromatic rings. The summed E-state index contributed by atoms with van der Waals surface area (Å²) in [4.78, 5) is 73.1. The van der Waals surface area contributed by atoms with E-state index in [1.807, 2.05) is 32.9 Å². The Labute approximate surface area is 278 Å². The molecule has 0 saturated heterocycles. The van der Waals surface area contributed by atoms with Gasteiger partial charge >= 0.3 is 12.0 Å². The number of amides is 5. The molecule has 2 atom stereocenters. The molecule has 0 aliphatic carbocycles. The second-order valence-electron chi connectivity index (χ2n) is 11.7. The molecule has 0 spiro atoms. The van der Waals surface area contributed by atoms with Crippen molar-refractivity contribution < 1.29 is 33.9 Å². The van der Waals surface area contributed by atoms with Crippen molar-refractivity contribution in [2.24, 2.45) is 0 Å². The topological polar surface area (TPSA) is 207 Å². The van der Waals surface area contributed by atoms with Crippen LogP contribution in [0, 0.1) is 0 Å². The minimum atomic E-state index is -1.21. The van der Waals surface area contributed by atoms with Gasteiger partial charge in [-0.2, -0.15) is 0 Å². The molecule has 14 heteroatoms. The minimum Gasteiger partial charge on any atom is -0.480 e. The molecule has 0 radical (unpaired) electrons. The van der Waals surface area contributed by atoms with Crippen LogP contribution < -0.4 is 37.2 Å². The fraction of sp³-hybridized carbons (Fsp3) is 0.636. The molecule has 0 fully saturated rings. The van der Waals surface area contributed by atoms with Gasteiger partial charge in [0.2, 0.25) is 11.8 Å². The monoisotopic (exact) mass is 661 g/mol. The van der Waals surface area contributed by atoms with Crippen LogP contribution in [0.4, 0.5) is 4.79 Å². The first-order valence-corrected chi connectivity index (χ1v) is 16.6. The van der Waals surface area contributed by atoms with Crippen molar-refractivity contribution in [3.8, 4) is 0 Å². The summed E-state index contributed by atoms with van der Waals surface area (Å²) in [5, 5.41) is 28.9. The average Bonchev–Trinajstić information content (AvgIpc) is 3.05. The average molecular weight is 662 g/mol. The molecule has 1 rings (SSSR count). The largest absolute Gasteiger partial charge is 0.480 e. The predicted octanol–water partition coefficient (Wildman–Crippen LogP) is 1.59. The number of carboxylic acid groups (broad SMARTS) is 1. The molecular formula is C33H55N7O7. The summed E-state index contributed by atoms with van der Waals surface area (Å²) >= 11 is 0. The highest BCUT2D eigenvalue weighted by Gasteiger charge is 2.23. The van der Waals surface area contributed by atoms with Gasteiger partial charge < -0.3 is 42.3 Å². The summed E-state index contributed by atoms with van der Waals surface area (Å²) in [7, 11) is 1.72. The van der Waals surface area contributed by atoms with Crippen molar-refractivity contribution in [2.75, 3.05) is 33.2 Å². The molecule has 8 N–H and O–H groups in total. The van der Waals surface area contributed by atoms with Crippen LogP contribution >= 0.6 is 0 Å². The number of unbranched alkanes of at least 4 members (excludes halogenated alkanes) is 3. The van der Waals surface area contributed by atoms with Crippen LogP contribution in [0.15, 0.2) is 24.3 Å². The number of ketones is 1. The summed E-state index contributed by atoms with van der Waals surface area (Å²) in [6, 6.07) is 4.99. The van der Waals surface area contributed by atoms with E-state index in [9.17, 15) is 33.9 Å². The summed E-state index contributed by atoms with van der Waals surface area (Å²) < 4.78 is 0. The lowest BCUT2D eigenvalue weighted by molar-refractivity contribution is -0.142. The second-order valence-corrected chi connectivity index (χ2v) is 11.7. The fourth-order valence-electron chi connectivity index (χ4n) is 4.43. The summed E-state index contributed by atoms with van der Waals surface area (Å²) in [6.45, 7) is 7.42. The predicted molar refractivity (Wildman–Crippen MR) is 180 cm³/mol. The Morgan fingerprint density at radius 2 is 1.43 bits per heavy atom. The van der Waals surface area contributed by atoms with Gasteiger partial charge in [0.1, 0.15) is 17.9 Å². The van der Waals surface area contributed by atoms with Crippen molar-refractivity contribution in [2.45, 2.75) is 103 Å². The third-order valence-corrected chi connectivity index (χ3v) is 7.31. The van der Waals surface area contributed by atoms with Gasteiger partial charge in [0.25, 0.3) is 5.91 Å². The quantitative estimate of drug-likeness (QED) is 0.0715. The zero-order chi connectivity index (χ0) is 35.0. The highest BCUT2D eigenvalue weighted by atomic mass is 16.4. The van der Waals surface area contributed by atoms with Crippen molar-refractivity contribution in [1.29, 1.82) is 0 Å². The number of nitrogens with one attached hydrogen (secondary N) is 7. The zero-order valence-corrected chi connectivity index (χ0v) is 28.3. The van der Waals surface area contributed by atoms with E-state index in [4.69, 9.17) is 0 Å². The number of hydrogen-bond donors (Lipinski definition) is 8. The molecule has 2 unspecified atom stereocenters. The number of hydrogen-bond acceptors (Lipinski definition) is 8. The van der Waals surface area contributed by atoms with Crippen LogP contribution in [0.3, 0.4) is 0 Å². The maximum absolute atomic E-state index is 12.9. The van der Waals surface area contributed by atoms with E-state index in [0.717, 1.165) is 24.8 Å². The first-order valence-electron chi connectivity index (χ1n) is 16.6. The SMILES string of the molecule is CCC(=O)CCCCCNC(=O)NCCCCC(NC(=O)CNC(=O)C(CCNC)NC(=O)c1ccc(CNC(C)C)cc1)C(=O)O. The molecule has 0 bridgehead atoms. The van der Waals surface area contributed by atoms with Crippen molar-refractivity contribution in [1.82, 2.24) is 37.2 Å². The number of carboxylic acids is 1. The second kappa shape index (κ2) is 24.2. The van der Waals surface area contributed by atoms with Crippen LogP contribution in [0.2, 0.25) is 0 Å². The number of rotatable bonds is 25. The van der Waals surface area contributed by atoms with Crippen LogP contribution in [-0.2, 0) is 25.7 Å². The maximum Gasteiger partial charge on any atom is 0.326 e. The summed E-state index contributed by atoms with van der Waals surface area (Å²) in [6.07, 6.45) is 4.92. The number of carbonyl (C=O) groups is 6. The Balaban J connectivity index is 2.43. The van der Waals surface area contributed by atoms with E-state index in [0.29, 0.717) is 63.5 Å². The van der Waals surface area contributed by atoms with E-state index in [2.05, 4.69) is 37.2 Å². The zero-order valence-electron chi connectivity index (χ0n) is 28.3. The van der Waals surface area contributed by atoms with E-state index in [1.165, 1.54) is 0 Å². The fourth-order valence-corrected chi connectivity index (χ4v) is 4.43. The molecular weight excluding hydrogens is 606 g/mol. The first kappa shape index (κ1) is 41.0. The molecule has 0 heterocycles. The Hall–Kier alpha value is -4.04. The van der Waals surface area contributed by atoms with E-state index in [1.54, 1.807) is 19.2 Å². The molecule has 0 saturated carbocycles. The van der Waals surface area contributed by atoms with Gasteiger partial charge in [0.05, 0.1) is 6.54 Å². The molecule has 1 aromatic carbocycles. The van der Waals surface area contributed by atoms with Crippen molar-refractivity contribution in [3.63, 3.8) is 0 Å². The van der Waals surface area contributed by atoms with Crippen LogP contribution in [0.5, 0.6) is 0 Å². The summed E-state index contributed by atoms with van der Waals surface area (Å²) in [5.74, 6) is -2.63. The van der Waals surface area contributed by atoms with E-state index in [-0.39, 0.29) is 24.7 Å². The van der Waals surface area contributed by atoms with Gasteiger partial charge in [-0.1, -0.05) is 39.3 Å². The van der Waals surface area contributed by atoms with Crippen LogP contribution in [0.25, 0.3) is 0 Å². The van der Waals surface area contributed by atoms with Gasteiger partial charge in [-0.25, -0.2) is 9.59 Å². The molecule has 264 valence electrons. The van der Waals surface area contributed by atoms with Gasteiger partial charge in [0, 0.05) is 44.1 Å². The molecule has 0 aliphatic rings. The number of Topliss-reactive ketones (excluding diaryl/α,β-unsaturated/α-hetero) is 1. The standard InChI is InChI=1S/C33H55N7O7/c1-5-26(41)11-7-6-9-18-35-33(47)36-19-10-8-12-28(32(45)46)39-29(42)22-38-31(44)27(17-20-34-4)40-30(43)25-15-13-24(14-16-25)21-37-23(2)3/h13-16,23,27-28,34,37H,5-12,17-22H2,1-4H3,(H,38,44)(H,39,42)(H,40,43)(H,45,46)(H2,35,36,47).